The first kappa shape index (κ1) is 18.7. The molecule has 0 saturated carbocycles. The number of rotatable bonds is 5. The average Bonchev–Trinajstić information content (AvgIpc) is 3.28. The molecule has 3 aromatic heterocycles. The minimum absolute atomic E-state index is 0.0164. The number of furan rings is 1. The van der Waals surface area contributed by atoms with Gasteiger partial charge in [0.2, 0.25) is 5.91 Å². The molecular formula is C21H22N6O2. The monoisotopic (exact) mass is 390 g/mol. The summed E-state index contributed by atoms with van der Waals surface area (Å²) in [6.07, 6.45) is 6.62. The molecule has 4 heterocycles. The van der Waals surface area contributed by atoms with E-state index in [0.717, 1.165) is 17.2 Å². The molecule has 1 amide bonds. The van der Waals surface area contributed by atoms with E-state index in [4.69, 9.17) is 4.42 Å². The molecule has 4 rings (SSSR count). The third kappa shape index (κ3) is 4.78. The van der Waals surface area contributed by atoms with E-state index in [9.17, 15) is 4.79 Å². The third-order valence-electron chi connectivity index (χ3n) is 4.67. The number of hydrogen-bond acceptors (Lipinski definition) is 7. The van der Waals surface area contributed by atoms with Gasteiger partial charge in [0, 0.05) is 38.5 Å². The van der Waals surface area contributed by atoms with Gasteiger partial charge in [0.1, 0.15) is 11.6 Å². The van der Waals surface area contributed by atoms with Gasteiger partial charge in [-0.1, -0.05) is 6.07 Å². The summed E-state index contributed by atoms with van der Waals surface area (Å²) in [7, 11) is 0. The van der Waals surface area contributed by atoms with Crippen molar-refractivity contribution in [3.63, 3.8) is 0 Å². The Kier molecular flexibility index (Phi) is 5.51. The Bertz CT molecular complexity index is 959. The van der Waals surface area contributed by atoms with Gasteiger partial charge in [-0.3, -0.25) is 4.79 Å². The van der Waals surface area contributed by atoms with Gasteiger partial charge in [0.05, 0.1) is 6.26 Å². The fraction of sp³-hybridized carbons (Fsp3) is 0.238. The summed E-state index contributed by atoms with van der Waals surface area (Å²) in [6.45, 7) is 4.68. The minimum atomic E-state index is -0.0164. The second-order valence-electron chi connectivity index (χ2n) is 6.78. The fourth-order valence-corrected chi connectivity index (χ4v) is 3.03. The number of piperazine rings is 1. The van der Waals surface area contributed by atoms with E-state index in [2.05, 4.69) is 25.4 Å². The maximum atomic E-state index is 12.3. The van der Waals surface area contributed by atoms with Gasteiger partial charge in [0.25, 0.3) is 0 Å². The van der Waals surface area contributed by atoms with Gasteiger partial charge in [-0.25, -0.2) is 4.98 Å². The van der Waals surface area contributed by atoms with Crippen LogP contribution >= 0.6 is 0 Å². The van der Waals surface area contributed by atoms with E-state index in [1.54, 1.807) is 30.7 Å². The molecule has 0 aromatic carbocycles. The number of nitrogens with zero attached hydrogens (tertiary/aromatic N) is 5. The van der Waals surface area contributed by atoms with Crippen molar-refractivity contribution in [2.45, 2.75) is 6.92 Å². The molecule has 8 heteroatoms. The van der Waals surface area contributed by atoms with Gasteiger partial charge in [0.15, 0.2) is 11.6 Å². The molecule has 148 valence electrons. The molecule has 1 N–H and O–H groups in total. The number of carbonyl (C=O) groups is 1. The van der Waals surface area contributed by atoms with E-state index in [1.807, 2.05) is 42.2 Å². The Hall–Kier alpha value is -3.68. The lowest BCUT2D eigenvalue weighted by Crippen LogP contribution is -2.48. The standard InChI is InChI=1S/C21H22N6O2/c1-16-4-6-18(22-15-16)23-19-7-8-20(25-24-19)26-10-12-27(13-11-26)21(28)9-5-17-3-2-14-29-17/h2-9,14-15H,10-13H2,1H3,(H,22,23,24)/b9-5+. The first-order valence-corrected chi connectivity index (χ1v) is 9.46. The van der Waals surface area contributed by atoms with Crippen molar-refractivity contribution in [2.24, 2.45) is 0 Å². The molecule has 8 nitrogen and oxygen atoms in total. The highest BCUT2D eigenvalue weighted by molar-refractivity contribution is 5.91. The largest absolute Gasteiger partial charge is 0.465 e. The van der Waals surface area contributed by atoms with Crippen LogP contribution in [0.3, 0.4) is 0 Å². The molecule has 1 aliphatic rings. The van der Waals surface area contributed by atoms with Crippen molar-refractivity contribution in [3.05, 3.63) is 66.3 Å². The van der Waals surface area contributed by atoms with Gasteiger partial charge < -0.3 is 19.5 Å². The molecule has 3 aromatic rings. The number of hydrogen-bond donors (Lipinski definition) is 1. The number of anilines is 3. The lowest BCUT2D eigenvalue weighted by atomic mass is 10.3. The summed E-state index contributed by atoms with van der Waals surface area (Å²) in [5.74, 6) is 2.82. The predicted octanol–water partition coefficient (Wildman–Crippen LogP) is 2.88. The Morgan fingerprint density at radius 2 is 1.90 bits per heavy atom. The van der Waals surface area contributed by atoms with Crippen LogP contribution in [-0.4, -0.2) is 52.2 Å². The summed E-state index contributed by atoms with van der Waals surface area (Å²) < 4.78 is 5.21. The van der Waals surface area contributed by atoms with E-state index >= 15 is 0 Å². The summed E-state index contributed by atoms with van der Waals surface area (Å²) in [6, 6.07) is 11.3. The van der Waals surface area contributed by atoms with E-state index in [1.165, 1.54) is 0 Å². The van der Waals surface area contributed by atoms with Crippen molar-refractivity contribution < 1.29 is 9.21 Å². The van der Waals surface area contributed by atoms with Gasteiger partial charge in [-0.15, -0.1) is 10.2 Å². The summed E-state index contributed by atoms with van der Waals surface area (Å²) in [4.78, 5) is 20.6. The van der Waals surface area contributed by atoms with Crippen LogP contribution in [0.25, 0.3) is 6.08 Å². The molecule has 0 aliphatic carbocycles. The fourth-order valence-electron chi connectivity index (χ4n) is 3.03. The number of aromatic nitrogens is 3. The number of amides is 1. The van der Waals surface area contributed by atoms with Gasteiger partial charge in [-0.2, -0.15) is 0 Å². The molecule has 0 unspecified atom stereocenters. The van der Waals surface area contributed by atoms with Crippen LogP contribution in [0.1, 0.15) is 11.3 Å². The topological polar surface area (TPSA) is 87.4 Å². The molecular weight excluding hydrogens is 368 g/mol. The molecule has 0 atom stereocenters. The van der Waals surface area contributed by atoms with Crippen molar-refractivity contribution in [1.82, 2.24) is 20.1 Å². The zero-order chi connectivity index (χ0) is 20.1. The van der Waals surface area contributed by atoms with Crippen LogP contribution in [0.4, 0.5) is 17.5 Å². The van der Waals surface area contributed by atoms with E-state index < -0.39 is 0 Å². The highest BCUT2D eigenvalue weighted by Gasteiger charge is 2.20. The van der Waals surface area contributed by atoms with Crippen LogP contribution < -0.4 is 10.2 Å². The third-order valence-corrected chi connectivity index (χ3v) is 4.67. The predicted molar refractivity (Wildman–Crippen MR) is 111 cm³/mol. The Morgan fingerprint density at radius 1 is 1.07 bits per heavy atom. The maximum Gasteiger partial charge on any atom is 0.246 e. The summed E-state index contributed by atoms with van der Waals surface area (Å²) >= 11 is 0. The van der Waals surface area contributed by atoms with Gasteiger partial charge >= 0.3 is 0 Å². The number of aryl methyl sites for hydroxylation is 1. The highest BCUT2D eigenvalue weighted by Crippen LogP contribution is 2.17. The SMILES string of the molecule is Cc1ccc(Nc2ccc(N3CCN(C(=O)/C=C/c4ccco4)CC3)nn2)nc1. The van der Waals surface area contributed by atoms with Gasteiger partial charge in [-0.05, 0) is 48.9 Å². The van der Waals surface area contributed by atoms with Crippen molar-refractivity contribution in [1.29, 1.82) is 0 Å². The normalized spacial score (nSPS) is 14.4. The lowest BCUT2D eigenvalue weighted by molar-refractivity contribution is -0.126. The van der Waals surface area contributed by atoms with Crippen LogP contribution in [0.2, 0.25) is 0 Å². The van der Waals surface area contributed by atoms with Crippen LogP contribution in [0, 0.1) is 6.92 Å². The molecule has 1 aliphatic heterocycles. The quantitative estimate of drug-likeness (QED) is 0.670. The van der Waals surface area contributed by atoms with Crippen molar-refractivity contribution in [2.75, 3.05) is 36.4 Å². The Morgan fingerprint density at radius 3 is 2.55 bits per heavy atom. The van der Waals surface area contributed by atoms with Crippen LogP contribution in [0.5, 0.6) is 0 Å². The molecule has 29 heavy (non-hydrogen) atoms. The molecule has 1 saturated heterocycles. The average molecular weight is 390 g/mol. The minimum Gasteiger partial charge on any atom is -0.465 e. The first-order chi connectivity index (χ1) is 14.2. The summed E-state index contributed by atoms with van der Waals surface area (Å²) in [5.41, 5.74) is 1.10. The van der Waals surface area contributed by atoms with Crippen LogP contribution in [-0.2, 0) is 4.79 Å². The van der Waals surface area contributed by atoms with E-state index in [0.29, 0.717) is 37.8 Å². The van der Waals surface area contributed by atoms with Crippen LogP contribution in [0.15, 0.2) is 59.4 Å². The molecule has 0 radical (unpaired) electrons. The Labute approximate surface area is 168 Å². The second-order valence-corrected chi connectivity index (χ2v) is 6.78. The zero-order valence-corrected chi connectivity index (χ0v) is 16.2. The van der Waals surface area contributed by atoms with Crippen molar-refractivity contribution in [3.8, 4) is 0 Å². The maximum absolute atomic E-state index is 12.3. The summed E-state index contributed by atoms with van der Waals surface area (Å²) in [5, 5.41) is 11.7. The van der Waals surface area contributed by atoms with E-state index in [-0.39, 0.29) is 5.91 Å². The first-order valence-electron chi connectivity index (χ1n) is 9.46. The lowest BCUT2D eigenvalue weighted by Gasteiger charge is -2.34. The molecule has 0 spiro atoms. The number of carbonyl (C=O) groups excluding carboxylic acids is 1. The second kappa shape index (κ2) is 8.55. The number of nitrogens with one attached hydrogen (secondary N) is 1. The zero-order valence-electron chi connectivity index (χ0n) is 16.2. The highest BCUT2D eigenvalue weighted by atomic mass is 16.3. The molecule has 0 bridgehead atoms. The Balaban J connectivity index is 1.30. The smallest absolute Gasteiger partial charge is 0.246 e. The molecule has 1 fully saturated rings. The number of pyridine rings is 1. The van der Waals surface area contributed by atoms with Crippen molar-refractivity contribution >= 4 is 29.4 Å².